The van der Waals surface area contributed by atoms with E-state index in [2.05, 4.69) is 15.0 Å². The third-order valence-electron chi connectivity index (χ3n) is 3.31. The van der Waals surface area contributed by atoms with Crippen LogP contribution in [0.3, 0.4) is 0 Å². The monoisotopic (exact) mass is 295 g/mol. The van der Waals surface area contributed by atoms with Crippen molar-refractivity contribution in [1.82, 2.24) is 5.27 Å². The molecule has 6 heteroatoms. The van der Waals surface area contributed by atoms with E-state index in [9.17, 15) is 10.0 Å². The Bertz CT molecular complexity index is 859. The van der Waals surface area contributed by atoms with Gasteiger partial charge in [0.05, 0.1) is 5.71 Å². The summed E-state index contributed by atoms with van der Waals surface area (Å²) < 4.78 is 6.06. The fourth-order valence-corrected chi connectivity index (χ4v) is 2.14. The van der Waals surface area contributed by atoms with Crippen LogP contribution < -0.4 is 10.3 Å². The number of nitrogens with zero attached hydrogens (tertiary/aromatic N) is 2. The number of aryl methyl sites for hydroxylation is 1. The molecule has 0 radical (unpaired) electrons. The number of H-pyrrole nitrogens is 1. The molecule has 0 aliphatic heterocycles. The molecule has 0 aliphatic rings. The van der Waals surface area contributed by atoms with Gasteiger partial charge < -0.3 is 10.4 Å². The van der Waals surface area contributed by atoms with Crippen molar-refractivity contribution in [1.29, 1.82) is 0 Å². The maximum absolute atomic E-state index is 11.2. The SMILES string of the molecule is Cc1ccc(/C(=N/[O-])c2ccc(-[n+]3cc(=O)o[nH]3)cc2)cc1. The third kappa shape index (κ3) is 2.67. The minimum Gasteiger partial charge on any atom is -0.791 e. The van der Waals surface area contributed by atoms with Gasteiger partial charge in [0.2, 0.25) is 5.69 Å². The van der Waals surface area contributed by atoms with Crippen LogP contribution in [0.2, 0.25) is 0 Å². The van der Waals surface area contributed by atoms with E-state index >= 15 is 0 Å². The Labute approximate surface area is 125 Å². The Balaban J connectivity index is 1.94. The average molecular weight is 295 g/mol. The van der Waals surface area contributed by atoms with Gasteiger partial charge in [0, 0.05) is 17.7 Å². The van der Waals surface area contributed by atoms with E-state index in [1.165, 1.54) is 10.9 Å². The van der Waals surface area contributed by atoms with Gasteiger partial charge in [0.1, 0.15) is 0 Å². The summed E-state index contributed by atoms with van der Waals surface area (Å²) in [6.45, 7) is 1.98. The highest BCUT2D eigenvalue weighted by Gasteiger charge is 2.12. The Hall–Kier alpha value is -3.15. The number of benzene rings is 2. The highest BCUT2D eigenvalue weighted by Crippen LogP contribution is 2.13. The summed E-state index contributed by atoms with van der Waals surface area (Å²) in [5.41, 5.74) is 3.20. The van der Waals surface area contributed by atoms with Gasteiger partial charge in [-0.1, -0.05) is 29.8 Å². The molecular formula is C16H13N3O3. The van der Waals surface area contributed by atoms with Crippen molar-refractivity contribution in [3.05, 3.63) is 87.0 Å². The quantitative estimate of drug-likeness (QED) is 0.455. The molecule has 3 rings (SSSR count). The fourth-order valence-electron chi connectivity index (χ4n) is 2.14. The van der Waals surface area contributed by atoms with Gasteiger partial charge in [-0.25, -0.2) is 4.79 Å². The van der Waals surface area contributed by atoms with Gasteiger partial charge in [0.25, 0.3) is 6.20 Å². The first-order valence-electron chi connectivity index (χ1n) is 6.66. The van der Waals surface area contributed by atoms with Gasteiger partial charge in [-0.3, -0.25) is 4.52 Å². The molecule has 22 heavy (non-hydrogen) atoms. The Morgan fingerprint density at radius 2 is 1.68 bits per heavy atom. The number of aromatic nitrogens is 2. The predicted octanol–water partition coefficient (Wildman–Crippen LogP) is 1.89. The second kappa shape index (κ2) is 5.69. The molecule has 1 heterocycles. The zero-order valence-electron chi connectivity index (χ0n) is 11.8. The molecule has 0 fully saturated rings. The summed E-state index contributed by atoms with van der Waals surface area (Å²) in [6.07, 6.45) is 1.29. The van der Waals surface area contributed by atoms with Crippen LogP contribution in [-0.2, 0) is 0 Å². The number of nitrogens with one attached hydrogen (secondary N) is 1. The second-order valence-corrected chi connectivity index (χ2v) is 4.86. The lowest BCUT2D eigenvalue weighted by Gasteiger charge is -2.09. The van der Waals surface area contributed by atoms with E-state index in [0.29, 0.717) is 17.0 Å². The van der Waals surface area contributed by atoms with Crippen molar-refractivity contribution >= 4 is 5.71 Å². The van der Waals surface area contributed by atoms with E-state index < -0.39 is 5.63 Å². The Morgan fingerprint density at radius 3 is 2.18 bits per heavy atom. The molecule has 110 valence electrons. The van der Waals surface area contributed by atoms with Crippen molar-refractivity contribution < 1.29 is 9.20 Å². The van der Waals surface area contributed by atoms with Gasteiger partial charge in [-0.2, -0.15) is 0 Å². The predicted molar refractivity (Wildman–Crippen MR) is 81.0 cm³/mol. The standard InChI is InChI=1S/C16H13N3O3/c1-11-2-4-12(5-3-11)16(17-21)13-6-8-14(9-7-13)19-10-15(20)22-18-19/h2-10H,1H3,(H-,18,20,21). The molecule has 0 bridgehead atoms. The minimum atomic E-state index is -0.467. The molecule has 0 saturated carbocycles. The summed E-state index contributed by atoms with van der Waals surface area (Å²) >= 11 is 0. The lowest BCUT2D eigenvalue weighted by molar-refractivity contribution is -0.670. The summed E-state index contributed by atoms with van der Waals surface area (Å²) in [5, 5.41) is 16.8. The smallest absolute Gasteiger partial charge is 0.427 e. The summed E-state index contributed by atoms with van der Waals surface area (Å²) in [4.78, 5) is 11.0. The molecule has 3 aromatic rings. The van der Waals surface area contributed by atoms with Crippen LogP contribution >= 0.6 is 0 Å². The van der Waals surface area contributed by atoms with Crippen LogP contribution in [0.15, 0.2) is 69.2 Å². The van der Waals surface area contributed by atoms with Crippen LogP contribution in [0.1, 0.15) is 16.7 Å². The lowest BCUT2D eigenvalue weighted by atomic mass is 10.0. The average Bonchev–Trinajstić information content (AvgIpc) is 2.97. The summed E-state index contributed by atoms with van der Waals surface area (Å²) in [6, 6.07) is 14.7. The summed E-state index contributed by atoms with van der Waals surface area (Å²) in [7, 11) is 0. The van der Waals surface area contributed by atoms with Crippen molar-refractivity contribution in [3.63, 3.8) is 0 Å². The van der Waals surface area contributed by atoms with Gasteiger partial charge >= 0.3 is 5.63 Å². The van der Waals surface area contributed by atoms with Crippen molar-refractivity contribution in [3.8, 4) is 5.69 Å². The minimum absolute atomic E-state index is 0.372. The molecule has 0 atom stereocenters. The van der Waals surface area contributed by atoms with Crippen LogP contribution in [-0.4, -0.2) is 11.0 Å². The van der Waals surface area contributed by atoms with E-state index in [4.69, 9.17) is 0 Å². The maximum Gasteiger partial charge on any atom is 0.427 e. The van der Waals surface area contributed by atoms with E-state index in [-0.39, 0.29) is 0 Å². The van der Waals surface area contributed by atoms with Crippen molar-refractivity contribution in [2.75, 3.05) is 0 Å². The zero-order chi connectivity index (χ0) is 15.5. The van der Waals surface area contributed by atoms with Crippen LogP contribution in [0.25, 0.3) is 5.69 Å². The third-order valence-corrected chi connectivity index (χ3v) is 3.31. The largest absolute Gasteiger partial charge is 0.791 e. The molecule has 1 N–H and O–H groups in total. The molecule has 0 aliphatic carbocycles. The number of hydrogen-bond donors (Lipinski definition) is 1. The number of rotatable bonds is 3. The molecule has 0 unspecified atom stereocenters. The van der Waals surface area contributed by atoms with Crippen LogP contribution in [0.4, 0.5) is 0 Å². The summed E-state index contributed by atoms with van der Waals surface area (Å²) in [5.74, 6) is 0. The van der Waals surface area contributed by atoms with Crippen LogP contribution in [0.5, 0.6) is 0 Å². The number of hydrogen-bond acceptors (Lipinski definition) is 4. The highest BCUT2D eigenvalue weighted by atomic mass is 16.5. The maximum atomic E-state index is 11.2. The van der Waals surface area contributed by atoms with Gasteiger partial charge in [-0.15, -0.1) is 0 Å². The Kier molecular flexibility index (Phi) is 3.57. The van der Waals surface area contributed by atoms with Gasteiger partial charge in [0.15, 0.2) is 0 Å². The Morgan fingerprint density at radius 1 is 1.09 bits per heavy atom. The molecular weight excluding hydrogens is 282 g/mol. The molecule has 0 saturated heterocycles. The van der Waals surface area contributed by atoms with Crippen molar-refractivity contribution in [2.45, 2.75) is 6.92 Å². The lowest BCUT2D eigenvalue weighted by Crippen LogP contribution is -2.32. The molecule has 0 amide bonds. The normalized spacial score (nSPS) is 11.6. The first-order valence-corrected chi connectivity index (χ1v) is 6.66. The van der Waals surface area contributed by atoms with Crippen molar-refractivity contribution in [2.24, 2.45) is 5.16 Å². The zero-order valence-corrected chi connectivity index (χ0v) is 11.8. The van der Waals surface area contributed by atoms with E-state index in [0.717, 1.165) is 11.1 Å². The number of aromatic amines is 1. The van der Waals surface area contributed by atoms with Gasteiger partial charge in [-0.05, 0) is 34.6 Å². The molecule has 1 aromatic heterocycles. The molecule has 0 spiro atoms. The molecule has 2 aromatic carbocycles. The second-order valence-electron chi connectivity index (χ2n) is 4.86. The van der Waals surface area contributed by atoms with E-state index in [1.54, 1.807) is 24.3 Å². The fraction of sp³-hybridized carbons (Fsp3) is 0.0625. The molecule has 6 nitrogen and oxygen atoms in total. The van der Waals surface area contributed by atoms with E-state index in [1.807, 2.05) is 31.2 Å². The van der Waals surface area contributed by atoms with Crippen LogP contribution in [0, 0.1) is 12.1 Å². The first kappa shape index (κ1) is 13.8. The topological polar surface area (TPSA) is 85.3 Å². The first-order chi connectivity index (χ1) is 10.7. The highest BCUT2D eigenvalue weighted by molar-refractivity contribution is 6.13.